The van der Waals surface area contributed by atoms with Crippen molar-refractivity contribution in [3.63, 3.8) is 0 Å². The summed E-state index contributed by atoms with van der Waals surface area (Å²) < 4.78 is 53.6. The van der Waals surface area contributed by atoms with Crippen LogP contribution in [0, 0.1) is 11.7 Å². The molecule has 1 N–H and O–H groups in total. The Morgan fingerprint density at radius 3 is 2.37 bits per heavy atom. The van der Waals surface area contributed by atoms with E-state index in [-0.39, 0.29) is 23.3 Å². The first-order valence-corrected chi connectivity index (χ1v) is 12.3. The number of hydrogen-bond donors (Lipinski definition) is 1. The fraction of sp³-hybridized carbons (Fsp3) is 0.481. The minimum atomic E-state index is -4.64. The molecule has 0 radical (unpaired) electrons. The van der Waals surface area contributed by atoms with Crippen LogP contribution in [-0.2, 0) is 11.0 Å². The summed E-state index contributed by atoms with van der Waals surface area (Å²) in [7, 11) is 0. The fourth-order valence-corrected chi connectivity index (χ4v) is 5.20. The van der Waals surface area contributed by atoms with Crippen LogP contribution in [0.15, 0.2) is 42.5 Å². The summed E-state index contributed by atoms with van der Waals surface area (Å²) in [6.45, 7) is 0.452. The summed E-state index contributed by atoms with van der Waals surface area (Å²) in [5.74, 6) is -1.12. The Morgan fingerprint density at radius 1 is 0.971 bits per heavy atom. The topological polar surface area (TPSA) is 49.4 Å². The van der Waals surface area contributed by atoms with Gasteiger partial charge in [-0.3, -0.25) is 9.59 Å². The summed E-state index contributed by atoms with van der Waals surface area (Å²) in [5.41, 5.74) is 0.699. The Kier molecular flexibility index (Phi) is 6.32. The van der Waals surface area contributed by atoms with Crippen LogP contribution in [0.25, 0.3) is 0 Å². The predicted octanol–water partition coefficient (Wildman–Crippen LogP) is 5.98. The third-order valence-electron chi connectivity index (χ3n) is 7.58. The van der Waals surface area contributed by atoms with Crippen LogP contribution >= 0.6 is 0 Å². The number of carbonyl (C=O) groups is 2. The normalized spacial score (nSPS) is 21.5. The molecule has 0 spiro atoms. The quantitative estimate of drug-likeness (QED) is 0.509. The Bertz CT molecular complexity index is 1120. The molecule has 1 heterocycles. The molecule has 4 nitrogen and oxygen atoms in total. The number of carbonyl (C=O) groups excluding carboxylic acids is 2. The molecule has 1 aliphatic heterocycles. The van der Waals surface area contributed by atoms with E-state index in [1.165, 1.54) is 6.42 Å². The lowest BCUT2D eigenvalue weighted by molar-refractivity contribution is -0.137. The van der Waals surface area contributed by atoms with Crippen molar-refractivity contribution in [2.24, 2.45) is 5.92 Å². The summed E-state index contributed by atoms with van der Waals surface area (Å²) in [4.78, 5) is 28.1. The van der Waals surface area contributed by atoms with Crippen molar-refractivity contribution in [3.8, 4) is 0 Å². The molecule has 3 fully saturated rings. The fourth-order valence-electron chi connectivity index (χ4n) is 5.20. The van der Waals surface area contributed by atoms with Gasteiger partial charge in [0, 0.05) is 17.7 Å². The molecule has 1 saturated heterocycles. The minimum Gasteiger partial charge on any atom is -0.347 e. The second kappa shape index (κ2) is 9.28. The number of nitrogens with one attached hydrogen (secondary N) is 1. The monoisotopic (exact) mass is 488 g/mol. The first-order chi connectivity index (χ1) is 16.7. The molecule has 2 aliphatic carbocycles. The maximum absolute atomic E-state index is 14.7. The molecule has 35 heavy (non-hydrogen) atoms. The van der Waals surface area contributed by atoms with Gasteiger partial charge in [0.05, 0.1) is 11.6 Å². The van der Waals surface area contributed by atoms with Gasteiger partial charge in [-0.25, -0.2) is 4.39 Å². The van der Waals surface area contributed by atoms with E-state index in [0.29, 0.717) is 36.9 Å². The van der Waals surface area contributed by atoms with Gasteiger partial charge in [-0.1, -0.05) is 24.6 Å². The van der Waals surface area contributed by atoms with Crippen LogP contribution in [0.1, 0.15) is 84.0 Å². The third-order valence-corrected chi connectivity index (χ3v) is 7.58. The maximum atomic E-state index is 14.7. The molecule has 0 unspecified atom stereocenters. The number of hydrogen-bond acceptors (Lipinski definition) is 2. The number of nitrogens with zero attached hydrogens (tertiary/aromatic N) is 1. The second-order valence-electron chi connectivity index (χ2n) is 9.97. The molecule has 5 rings (SSSR count). The lowest BCUT2D eigenvalue weighted by atomic mass is 9.79. The molecule has 2 aromatic rings. The number of amides is 2. The smallest absolute Gasteiger partial charge is 0.347 e. The standard InChI is InChI=1S/C27H28F4N2O2/c28-22-15-20(27(29,30)31)11-12-21(22)24(17-9-10-17)32-25(34)23-8-3-13-33(23)26(35)19-7-2-6-18(14-19)16-4-1-5-16/h2,6-7,11-12,14-17,23-24H,1,3-5,8-10,13H2,(H,32,34)/t23-,24-/m1/s1. The van der Waals surface area contributed by atoms with Gasteiger partial charge in [-0.2, -0.15) is 13.2 Å². The highest BCUT2D eigenvalue weighted by Crippen LogP contribution is 2.43. The van der Waals surface area contributed by atoms with E-state index in [1.54, 1.807) is 11.0 Å². The van der Waals surface area contributed by atoms with Gasteiger partial charge >= 0.3 is 6.18 Å². The number of halogens is 4. The van der Waals surface area contributed by atoms with Gasteiger partial charge in [0.15, 0.2) is 0 Å². The van der Waals surface area contributed by atoms with E-state index >= 15 is 0 Å². The summed E-state index contributed by atoms with van der Waals surface area (Å²) in [6.07, 6.45) is 1.48. The van der Waals surface area contributed by atoms with E-state index in [4.69, 9.17) is 0 Å². The van der Waals surface area contributed by atoms with Crippen molar-refractivity contribution >= 4 is 11.8 Å². The molecular weight excluding hydrogens is 460 g/mol. The average molecular weight is 489 g/mol. The van der Waals surface area contributed by atoms with Crippen LogP contribution in [0.5, 0.6) is 0 Å². The molecule has 2 amide bonds. The van der Waals surface area contributed by atoms with E-state index in [2.05, 4.69) is 5.32 Å². The van der Waals surface area contributed by atoms with Gasteiger partial charge < -0.3 is 10.2 Å². The van der Waals surface area contributed by atoms with Crippen LogP contribution in [0.4, 0.5) is 17.6 Å². The number of rotatable bonds is 6. The molecule has 0 aromatic heterocycles. The number of alkyl halides is 3. The Hall–Kier alpha value is -2.90. The minimum absolute atomic E-state index is 0.0325. The van der Waals surface area contributed by atoms with Crippen molar-refractivity contribution in [1.29, 1.82) is 0 Å². The Balaban J connectivity index is 1.32. The molecule has 8 heteroatoms. The SMILES string of the molecule is O=C(N[C@@H](c1ccc(C(F)(F)F)cc1F)C1CC1)[C@H]1CCCN1C(=O)c1cccc(C2CCC2)c1. The molecule has 3 aliphatic rings. The van der Waals surface area contributed by atoms with Gasteiger partial charge in [-0.05, 0) is 80.2 Å². The van der Waals surface area contributed by atoms with Gasteiger partial charge in [0.25, 0.3) is 5.91 Å². The van der Waals surface area contributed by atoms with Gasteiger partial charge in [0.2, 0.25) is 5.91 Å². The highest BCUT2D eigenvalue weighted by atomic mass is 19.4. The summed E-state index contributed by atoms with van der Waals surface area (Å²) in [6, 6.07) is 8.64. The zero-order chi connectivity index (χ0) is 24.7. The Labute approximate surface area is 201 Å². The Morgan fingerprint density at radius 2 is 1.74 bits per heavy atom. The average Bonchev–Trinajstić information content (AvgIpc) is 3.51. The van der Waals surface area contributed by atoms with E-state index in [0.717, 1.165) is 43.4 Å². The van der Waals surface area contributed by atoms with E-state index in [9.17, 15) is 27.2 Å². The lowest BCUT2D eigenvalue weighted by Crippen LogP contribution is -2.47. The van der Waals surface area contributed by atoms with Gasteiger partial charge in [0.1, 0.15) is 11.9 Å². The molecule has 2 atom stereocenters. The van der Waals surface area contributed by atoms with Crippen molar-refractivity contribution in [2.75, 3.05) is 6.54 Å². The van der Waals surface area contributed by atoms with Crippen LogP contribution in [0.3, 0.4) is 0 Å². The highest BCUT2D eigenvalue weighted by molar-refractivity contribution is 5.98. The largest absolute Gasteiger partial charge is 0.416 e. The maximum Gasteiger partial charge on any atom is 0.416 e. The van der Waals surface area contributed by atoms with Crippen molar-refractivity contribution in [2.45, 2.75) is 69.1 Å². The second-order valence-corrected chi connectivity index (χ2v) is 9.97. The molecular formula is C27H28F4N2O2. The third kappa shape index (κ3) is 4.93. The first-order valence-electron chi connectivity index (χ1n) is 12.3. The molecule has 2 saturated carbocycles. The van der Waals surface area contributed by atoms with Crippen LogP contribution in [-0.4, -0.2) is 29.3 Å². The van der Waals surface area contributed by atoms with Crippen LogP contribution in [0.2, 0.25) is 0 Å². The highest BCUT2D eigenvalue weighted by Gasteiger charge is 2.40. The van der Waals surface area contributed by atoms with Gasteiger partial charge in [-0.15, -0.1) is 0 Å². The van der Waals surface area contributed by atoms with Crippen molar-refractivity contribution in [1.82, 2.24) is 10.2 Å². The lowest BCUT2D eigenvalue weighted by Gasteiger charge is -2.28. The zero-order valence-corrected chi connectivity index (χ0v) is 19.3. The molecule has 0 bridgehead atoms. The van der Waals surface area contributed by atoms with Crippen LogP contribution < -0.4 is 5.32 Å². The van der Waals surface area contributed by atoms with Crippen molar-refractivity contribution < 1.29 is 27.2 Å². The molecule has 2 aromatic carbocycles. The predicted molar refractivity (Wildman–Crippen MR) is 122 cm³/mol. The first kappa shape index (κ1) is 23.8. The van der Waals surface area contributed by atoms with Crippen molar-refractivity contribution in [3.05, 3.63) is 70.5 Å². The summed E-state index contributed by atoms with van der Waals surface area (Å²) >= 11 is 0. The summed E-state index contributed by atoms with van der Waals surface area (Å²) in [5, 5.41) is 2.87. The van der Waals surface area contributed by atoms with E-state index < -0.39 is 29.6 Å². The number of likely N-dealkylation sites (tertiary alicyclic amines) is 1. The van der Waals surface area contributed by atoms with E-state index in [1.807, 2.05) is 18.2 Å². The molecule has 186 valence electrons. The zero-order valence-electron chi connectivity index (χ0n) is 19.3. The number of benzene rings is 2.